The van der Waals surface area contributed by atoms with Gasteiger partial charge in [0.1, 0.15) is 5.15 Å². The number of aryl methyl sites for hydroxylation is 1. The monoisotopic (exact) mass is 306 g/mol. The highest BCUT2D eigenvalue weighted by atomic mass is 35.5. The zero-order valence-electron chi connectivity index (χ0n) is 9.91. The van der Waals surface area contributed by atoms with Gasteiger partial charge in [-0.3, -0.25) is 4.68 Å². The van der Waals surface area contributed by atoms with E-state index in [2.05, 4.69) is 5.10 Å². The molecule has 2 nitrogen and oxygen atoms in total. The number of hydrogen-bond donors (Lipinski definition) is 0. The number of thioether (sulfide) groups is 1. The topological polar surface area (TPSA) is 17.8 Å². The average Bonchev–Trinajstić information content (AvgIpc) is 2.65. The first-order valence-electron chi connectivity index (χ1n) is 5.36. The molecule has 0 saturated heterocycles. The molecule has 0 amide bonds. The van der Waals surface area contributed by atoms with Crippen LogP contribution in [0.5, 0.6) is 0 Å². The minimum absolute atomic E-state index is 0.0190. The van der Waals surface area contributed by atoms with Crippen molar-refractivity contribution < 1.29 is 13.2 Å². The predicted octanol–water partition coefficient (Wildman–Crippen LogP) is 4.38. The SMILES string of the molecule is Cn1nc(C(F)(F)F)c(CSc2ccccc2)c1Cl. The summed E-state index contributed by atoms with van der Waals surface area (Å²) < 4.78 is 39.5. The summed E-state index contributed by atoms with van der Waals surface area (Å²) >= 11 is 7.17. The normalized spacial score (nSPS) is 11.8. The van der Waals surface area contributed by atoms with E-state index in [1.165, 1.54) is 18.8 Å². The van der Waals surface area contributed by atoms with Gasteiger partial charge >= 0.3 is 6.18 Å². The molecular weight excluding hydrogens is 297 g/mol. The maximum atomic E-state index is 12.8. The molecule has 0 unspecified atom stereocenters. The Labute approximate surface area is 117 Å². The third kappa shape index (κ3) is 3.25. The third-order valence-corrected chi connectivity index (χ3v) is 3.98. The fourth-order valence-electron chi connectivity index (χ4n) is 1.58. The van der Waals surface area contributed by atoms with Gasteiger partial charge in [0.05, 0.1) is 0 Å². The summed E-state index contributed by atoms with van der Waals surface area (Å²) in [7, 11) is 1.40. The second kappa shape index (κ2) is 5.46. The number of nitrogens with zero attached hydrogens (tertiary/aromatic N) is 2. The van der Waals surface area contributed by atoms with Crippen molar-refractivity contribution in [3.63, 3.8) is 0 Å². The predicted molar refractivity (Wildman–Crippen MR) is 69.2 cm³/mol. The van der Waals surface area contributed by atoms with E-state index >= 15 is 0 Å². The van der Waals surface area contributed by atoms with E-state index in [9.17, 15) is 13.2 Å². The fraction of sp³-hybridized carbons (Fsp3) is 0.250. The minimum Gasteiger partial charge on any atom is -0.256 e. The summed E-state index contributed by atoms with van der Waals surface area (Å²) in [5.41, 5.74) is -0.894. The summed E-state index contributed by atoms with van der Waals surface area (Å²) in [4.78, 5) is 0.885. The van der Waals surface area contributed by atoms with Gasteiger partial charge < -0.3 is 0 Å². The van der Waals surface area contributed by atoms with Crippen LogP contribution in [-0.2, 0) is 19.0 Å². The number of hydrogen-bond acceptors (Lipinski definition) is 2. The van der Waals surface area contributed by atoms with E-state index in [0.717, 1.165) is 9.58 Å². The van der Waals surface area contributed by atoms with Crippen LogP contribution in [0.25, 0.3) is 0 Å². The lowest BCUT2D eigenvalue weighted by molar-refractivity contribution is -0.141. The average molecular weight is 307 g/mol. The van der Waals surface area contributed by atoms with Crippen molar-refractivity contribution in [3.8, 4) is 0 Å². The maximum absolute atomic E-state index is 12.8. The van der Waals surface area contributed by atoms with Gasteiger partial charge in [0.25, 0.3) is 0 Å². The number of benzene rings is 1. The summed E-state index contributed by atoms with van der Waals surface area (Å²) in [6, 6.07) is 9.18. The third-order valence-electron chi connectivity index (χ3n) is 2.46. The Morgan fingerprint density at radius 2 is 1.89 bits per heavy atom. The number of alkyl halides is 3. The van der Waals surface area contributed by atoms with Crippen LogP contribution in [0.15, 0.2) is 35.2 Å². The lowest BCUT2D eigenvalue weighted by Gasteiger charge is -2.06. The van der Waals surface area contributed by atoms with Gasteiger partial charge in [-0.05, 0) is 12.1 Å². The molecule has 0 N–H and O–H groups in total. The van der Waals surface area contributed by atoms with E-state index in [0.29, 0.717) is 0 Å². The molecule has 2 aromatic rings. The summed E-state index contributed by atoms with van der Waals surface area (Å²) in [6.07, 6.45) is -4.49. The van der Waals surface area contributed by atoms with Crippen LogP contribution in [-0.4, -0.2) is 9.78 Å². The van der Waals surface area contributed by atoms with Crippen molar-refractivity contribution in [3.05, 3.63) is 46.7 Å². The van der Waals surface area contributed by atoms with Crippen molar-refractivity contribution in [2.75, 3.05) is 0 Å². The van der Waals surface area contributed by atoms with E-state index in [1.807, 2.05) is 30.3 Å². The van der Waals surface area contributed by atoms with E-state index < -0.39 is 11.9 Å². The van der Waals surface area contributed by atoms with E-state index in [1.54, 1.807) is 0 Å². The molecule has 0 aliphatic heterocycles. The molecule has 7 heteroatoms. The smallest absolute Gasteiger partial charge is 0.256 e. The molecule has 0 fully saturated rings. The number of rotatable bonds is 3. The van der Waals surface area contributed by atoms with Gasteiger partial charge in [-0.1, -0.05) is 29.8 Å². The minimum atomic E-state index is -4.49. The van der Waals surface area contributed by atoms with Gasteiger partial charge in [-0.15, -0.1) is 11.8 Å². The Bertz CT molecular complexity index is 566. The molecule has 102 valence electrons. The first kappa shape index (κ1) is 14.3. The van der Waals surface area contributed by atoms with Crippen LogP contribution in [0.2, 0.25) is 5.15 Å². The molecule has 2 rings (SSSR count). The standard InChI is InChI=1S/C12H10ClF3N2S/c1-18-11(13)9(10(17-18)12(14,15)16)7-19-8-5-3-2-4-6-8/h2-6H,7H2,1H3. The molecule has 0 saturated carbocycles. The van der Waals surface area contributed by atoms with Gasteiger partial charge in [-0.25, -0.2) is 0 Å². The molecule has 0 spiro atoms. The van der Waals surface area contributed by atoms with Gasteiger partial charge in [-0.2, -0.15) is 18.3 Å². The number of aromatic nitrogens is 2. The Kier molecular flexibility index (Phi) is 4.10. The van der Waals surface area contributed by atoms with Gasteiger partial charge in [0.2, 0.25) is 0 Å². The molecule has 0 radical (unpaired) electrons. The molecule has 0 atom stereocenters. The van der Waals surface area contributed by atoms with E-state index in [4.69, 9.17) is 11.6 Å². The van der Waals surface area contributed by atoms with Gasteiger partial charge in [0, 0.05) is 23.3 Å². The summed E-state index contributed by atoms with van der Waals surface area (Å²) in [5, 5.41) is 3.46. The van der Waals surface area contributed by atoms with Crippen molar-refractivity contribution in [2.24, 2.45) is 7.05 Å². The van der Waals surface area contributed by atoms with Crippen LogP contribution in [0.3, 0.4) is 0 Å². The first-order valence-corrected chi connectivity index (χ1v) is 6.72. The molecule has 1 aromatic carbocycles. The zero-order chi connectivity index (χ0) is 14.0. The largest absolute Gasteiger partial charge is 0.435 e. The Morgan fingerprint density at radius 3 is 2.47 bits per heavy atom. The molecule has 0 aliphatic rings. The molecular formula is C12H10ClF3N2S. The second-order valence-electron chi connectivity index (χ2n) is 3.84. The highest BCUT2D eigenvalue weighted by molar-refractivity contribution is 7.98. The quantitative estimate of drug-likeness (QED) is 0.783. The van der Waals surface area contributed by atoms with Crippen LogP contribution in [0.4, 0.5) is 13.2 Å². The van der Waals surface area contributed by atoms with Crippen molar-refractivity contribution in [1.82, 2.24) is 9.78 Å². The van der Waals surface area contributed by atoms with Crippen LogP contribution < -0.4 is 0 Å². The Hall–Kier alpha value is -1.14. The van der Waals surface area contributed by atoms with E-state index in [-0.39, 0.29) is 16.5 Å². The maximum Gasteiger partial charge on any atom is 0.435 e. The highest BCUT2D eigenvalue weighted by Crippen LogP contribution is 2.37. The Balaban J connectivity index is 2.25. The summed E-state index contributed by atoms with van der Waals surface area (Å²) in [6.45, 7) is 0. The van der Waals surface area contributed by atoms with Crippen LogP contribution in [0.1, 0.15) is 11.3 Å². The number of halogens is 4. The lowest BCUT2D eigenvalue weighted by atomic mass is 10.3. The molecule has 19 heavy (non-hydrogen) atoms. The molecule has 1 heterocycles. The highest BCUT2D eigenvalue weighted by Gasteiger charge is 2.38. The molecule has 0 bridgehead atoms. The first-order chi connectivity index (χ1) is 8.89. The Morgan fingerprint density at radius 1 is 1.26 bits per heavy atom. The van der Waals surface area contributed by atoms with Gasteiger partial charge in [0.15, 0.2) is 5.69 Å². The van der Waals surface area contributed by atoms with Crippen molar-refractivity contribution in [1.29, 1.82) is 0 Å². The second-order valence-corrected chi connectivity index (χ2v) is 5.25. The molecule has 1 aromatic heterocycles. The summed E-state index contributed by atoms with van der Waals surface area (Å²) in [5.74, 6) is 0.130. The van der Waals surface area contributed by atoms with Crippen LogP contribution in [0, 0.1) is 0 Å². The van der Waals surface area contributed by atoms with Crippen LogP contribution >= 0.6 is 23.4 Å². The zero-order valence-corrected chi connectivity index (χ0v) is 11.5. The molecule has 0 aliphatic carbocycles. The van der Waals surface area contributed by atoms with Crippen molar-refractivity contribution >= 4 is 23.4 Å². The van der Waals surface area contributed by atoms with Crippen molar-refractivity contribution in [2.45, 2.75) is 16.8 Å². The fourth-order valence-corrected chi connectivity index (χ4v) is 2.78. The lowest BCUT2D eigenvalue weighted by Crippen LogP contribution is -2.09.